The van der Waals surface area contributed by atoms with Gasteiger partial charge in [0.15, 0.2) is 11.5 Å². The van der Waals surface area contributed by atoms with Gasteiger partial charge in [0, 0.05) is 41.0 Å². The van der Waals surface area contributed by atoms with E-state index in [-0.39, 0.29) is 5.82 Å². The smallest absolute Gasteiger partial charge is 0.181 e. The van der Waals surface area contributed by atoms with Crippen LogP contribution >= 0.6 is 0 Å². The van der Waals surface area contributed by atoms with Gasteiger partial charge in [0.25, 0.3) is 0 Å². The van der Waals surface area contributed by atoms with Gasteiger partial charge in [-0.05, 0) is 49.1 Å². The van der Waals surface area contributed by atoms with Crippen LogP contribution in [0.5, 0.6) is 0 Å². The van der Waals surface area contributed by atoms with Crippen LogP contribution in [0.25, 0.3) is 56.0 Å². The van der Waals surface area contributed by atoms with Crippen molar-refractivity contribution < 1.29 is 4.39 Å². The highest BCUT2D eigenvalue weighted by Crippen LogP contribution is 2.33. The van der Waals surface area contributed by atoms with Gasteiger partial charge in [0.05, 0.1) is 28.5 Å². The van der Waals surface area contributed by atoms with E-state index in [4.69, 9.17) is 4.98 Å². The number of hydrogen-bond donors (Lipinski definition) is 3. The van der Waals surface area contributed by atoms with Gasteiger partial charge in [-0.3, -0.25) is 15.1 Å². The Bertz CT molecular complexity index is 1850. The van der Waals surface area contributed by atoms with E-state index in [0.717, 1.165) is 33.4 Å². The van der Waals surface area contributed by atoms with Crippen molar-refractivity contribution in [3.05, 3.63) is 85.3 Å². The molecule has 1 fully saturated rings. The normalized spacial score (nSPS) is 13.9. The molecule has 0 atom stereocenters. The van der Waals surface area contributed by atoms with Crippen molar-refractivity contribution in [3.63, 3.8) is 0 Å². The molecule has 8 nitrogen and oxygen atoms in total. The second-order valence-electron chi connectivity index (χ2n) is 9.94. The molecular weight excluding hydrogens is 491 g/mol. The molecule has 3 N–H and O–H groups in total. The molecule has 5 heterocycles. The van der Waals surface area contributed by atoms with E-state index >= 15 is 0 Å². The Hall–Kier alpha value is -4.92. The van der Waals surface area contributed by atoms with E-state index in [9.17, 15) is 4.39 Å². The molecule has 0 saturated heterocycles. The second-order valence-corrected chi connectivity index (χ2v) is 9.94. The number of nitrogens with zero attached hydrogens (tertiary/aromatic N) is 5. The molecule has 1 aromatic carbocycles. The SMILES string of the molecule is C=C(Nc1cncc(-c2cnc3n[nH]c(-c4nc5c(-c6cccc(F)c6)nccc5[nH]4)c3c2)c1)C1CCCC1. The maximum Gasteiger partial charge on any atom is 0.181 e. The molecule has 39 heavy (non-hydrogen) atoms. The fourth-order valence-electron chi connectivity index (χ4n) is 5.37. The number of hydrogen-bond acceptors (Lipinski definition) is 6. The van der Waals surface area contributed by atoms with E-state index in [1.165, 1.54) is 37.8 Å². The fraction of sp³-hybridized carbons (Fsp3) is 0.167. The first-order chi connectivity index (χ1) is 19.1. The largest absolute Gasteiger partial charge is 0.358 e. The minimum absolute atomic E-state index is 0.322. The summed E-state index contributed by atoms with van der Waals surface area (Å²) in [5, 5.41) is 11.8. The van der Waals surface area contributed by atoms with Crippen molar-refractivity contribution >= 4 is 27.8 Å². The van der Waals surface area contributed by atoms with E-state index in [2.05, 4.69) is 48.1 Å². The van der Waals surface area contributed by atoms with E-state index < -0.39 is 0 Å². The van der Waals surface area contributed by atoms with Gasteiger partial charge in [0.1, 0.15) is 17.0 Å². The zero-order chi connectivity index (χ0) is 26.3. The number of rotatable bonds is 6. The maximum atomic E-state index is 13.9. The summed E-state index contributed by atoms with van der Waals surface area (Å²) >= 11 is 0. The average molecular weight is 517 g/mol. The number of anilines is 1. The molecule has 1 aliphatic carbocycles. The molecule has 0 radical (unpaired) electrons. The first-order valence-electron chi connectivity index (χ1n) is 13.0. The summed E-state index contributed by atoms with van der Waals surface area (Å²) in [7, 11) is 0. The monoisotopic (exact) mass is 516 g/mol. The number of H-pyrrole nitrogens is 2. The summed E-state index contributed by atoms with van der Waals surface area (Å²) in [6.45, 7) is 4.26. The van der Waals surface area contributed by atoms with Crippen LogP contribution in [0.2, 0.25) is 0 Å². The number of aromatic nitrogens is 7. The predicted octanol–water partition coefficient (Wildman–Crippen LogP) is 6.88. The van der Waals surface area contributed by atoms with Crippen molar-refractivity contribution in [2.24, 2.45) is 5.92 Å². The average Bonchev–Trinajstić information content (AvgIpc) is 3.72. The molecule has 0 amide bonds. The van der Waals surface area contributed by atoms with Crippen molar-refractivity contribution in [1.82, 2.24) is 35.1 Å². The molecule has 1 saturated carbocycles. The lowest BCUT2D eigenvalue weighted by Crippen LogP contribution is -2.07. The standard InChI is InChI=1S/C30H25FN8/c1-17(18-5-2-3-6-18)35-23-12-20(14-32-16-23)21-13-24-27(38-39-29(24)34-15-21)30-36-25-9-10-33-26(28(25)37-30)19-7-4-8-22(31)11-19/h4,7-16,18,35H,1-3,5-6H2,(H,36,37)(H,34,38,39). The van der Waals surface area contributed by atoms with E-state index in [0.29, 0.717) is 39.9 Å². The topological polar surface area (TPSA) is 108 Å². The first kappa shape index (κ1) is 23.2. The van der Waals surface area contributed by atoms with Crippen LogP contribution in [0.15, 0.2) is 79.5 Å². The van der Waals surface area contributed by atoms with Crippen molar-refractivity contribution in [3.8, 4) is 33.9 Å². The van der Waals surface area contributed by atoms with Gasteiger partial charge in [-0.2, -0.15) is 5.10 Å². The minimum Gasteiger partial charge on any atom is -0.358 e. The van der Waals surface area contributed by atoms with Gasteiger partial charge in [-0.25, -0.2) is 14.4 Å². The van der Waals surface area contributed by atoms with E-state index in [1.54, 1.807) is 18.5 Å². The van der Waals surface area contributed by atoms with Gasteiger partial charge in [0.2, 0.25) is 0 Å². The minimum atomic E-state index is -0.322. The summed E-state index contributed by atoms with van der Waals surface area (Å²) in [6.07, 6.45) is 12.0. The number of fused-ring (bicyclic) bond motifs is 2. The van der Waals surface area contributed by atoms with Gasteiger partial charge in [-0.1, -0.05) is 31.6 Å². The van der Waals surface area contributed by atoms with Crippen LogP contribution in [0.4, 0.5) is 10.1 Å². The second kappa shape index (κ2) is 9.43. The number of nitrogens with one attached hydrogen (secondary N) is 3. The summed E-state index contributed by atoms with van der Waals surface area (Å²) in [5.74, 6) is 0.788. The lowest BCUT2D eigenvalue weighted by molar-refractivity contribution is 0.628. The lowest BCUT2D eigenvalue weighted by Gasteiger charge is -2.15. The Morgan fingerprint density at radius 3 is 2.72 bits per heavy atom. The van der Waals surface area contributed by atoms with Crippen molar-refractivity contribution in [1.29, 1.82) is 0 Å². The molecule has 1 aliphatic rings. The third-order valence-electron chi connectivity index (χ3n) is 7.37. The number of imidazole rings is 1. The Morgan fingerprint density at radius 2 is 1.85 bits per heavy atom. The fourth-order valence-corrected chi connectivity index (χ4v) is 5.37. The van der Waals surface area contributed by atoms with Crippen molar-refractivity contribution in [2.45, 2.75) is 25.7 Å². The van der Waals surface area contributed by atoms with Crippen LogP contribution in [0, 0.1) is 11.7 Å². The predicted molar refractivity (Wildman–Crippen MR) is 150 cm³/mol. The van der Waals surface area contributed by atoms with Crippen LogP contribution < -0.4 is 5.32 Å². The lowest BCUT2D eigenvalue weighted by atomic mass is 10.0. The Labute approximate surface area is 223 Å². The summed E-state index contributed by atoms with van der Waals surface area (Å²) in [4.78, 5) is 21.7. The summed E-state index contributed by atoms with van der Waals surface area (Å²) < 4.78 is 13.9. The van der Waals surface area contributed by atoms with E-state index in [1.807, 2.05) is 30.6 Å². The number of benzene rings is 1. The highest BCUT2D eigenvalue weighted by molar-refractivity contribution is 5.96. The molecule has 0 unspecified atom stereocenters. The zero-order valence-corrected chi connectivity index (χ0v) is 21.1. The third-order valence-corrected chi connectivity index (χ3v) is 7.37. The van der Waals surface area contributed by atoms with Crippen molar-refractivity contribution in [2.75, 3.05) is 5.32 Å². The number of halogens is 1. The van der Waals surface area contributed by atoms with Gasteiger partial charge in [-0.15, -0.1) is 0 Å². The highest BCUT2D eigenvalue weighted by atomic mass is 19.1. The quantitative estimate of drug-likeness (QED) is 0.223. The molecular formula is C30H25FN8. The van der Waals surface area contributed by atoms with Crippen LogP contribution in [0.3, 0.4) is 0 Å². The van der Waals surface area contributed by atoms with Gasteiger partial charge >= 0.3 is 0 Å². The first-order valence-corrected chi connectivity index (χ1v) is 13.0. The zero-order valence-electron chi connectivity index (χ0n) is 21.1. The number of aromatic amines is 2. The number of pyridine rings is 3. The third kappa shape index (κ3) is 4.31. The molecule has 0 bridgehead atoms. The van der Waals surface area contributed by atoms with Crippen LogP contribution in [-0.2, 0) is 0 Å². The summed E-state index contributed by atoms with van der Waals surface area (Å²) in [5.41, 5.74) is 7.79. The molecule has 7 rings (SSSR count). The Morgan fingerprint density at radius 1 is 0.974 bits per heavy atom. The molecule has 6 aromatic rings. The molecule has 192 valence electrons. The van der Waals surface area contributed by atoms with Crippen LogP contribution in [-0.4, -0.2) is 35.1 Å². The molecule has 5 aromatic heterocycles. The van der Waals surface area contributed by atoms with Gasteiger partial charge < -0.3 is 10.3 Å². The Balaban J connectivity index is 1.25. The molecule has 0 aliphatic heterocycles. The Kier molecular flexibility index (Phi) is 5.61. The highest BCUT2D eigenvalue weighted by Gasteiger charge is 2.19. The summed E-state index contributed by atoms with van der Waals surface area (Å²) in [6, 6.07) is 12.3. The van der Waals surface area contributed by atoms with Crippen LogP contribution in [0.1, 0.15) is 25.7 Å². The number of allylic oxidation sites excluding steroid dienone is 1. The molecule has 9 heteroatoms. The molecule has 0 spiro atoms. The maximum absolute atomic E-state index is 13.9.